The molecule has 0 radical (unpaired) electrons. The van der Waals surface area contributed by atoms with Crippen molar-refractivity contribution in [1.82, 2.24) is 19.5 Å². The van der Waals surface area contributed by atoms with E-state index in [2.05, 4.69) is 36.9 Å². The van der Waals surface area contributed by atoms with E-state index in [1.807, 2.05) is 21.4 Å². The largest absolute Gasteiger partial charge is 0.380 e. The number of benzene rings is 1. The zero-order chi connectivity index (χ0) is 28.5. The molecule has 3 aromatic heterocycles. The maximum absolute atomic E-state index is 13.5. The van der Waals surface area contributed by atoms with E-state index in [1.165, 1.54) is 23.5 Å². The average Bonchev–Trinajstić information content (AvgIpc) is 3.48. The minimum Gasteiger partial charge on any atom is -0.380 e. The number of pyridine rings is 1. The third-order valence-corrected chi connectivity index (χ3v) is 9.54. The third kappa shape index (κ3) is 4.16. The number of likely N-dealkylation sites (tertiary alicyclic amines) is 1. The zero-order valence-corrected chi connectivity index (χ0v) is 24.0. The average molecular weight is 572 g/mol. The fraction of sp³-hybridized carbons (Fsp3) is 0.400. The van der Waals surface area contributed by atoms with E-state index in [9.17, 15) is 14.4 Å². The number of fused-ring (bicyclic) bond motifs is 1. The van der Waals surface area contributed by atoms with Crippen molar-refractivity contribution in [2.45, 2.75) is 20.3 Å². The van der Waals surface area contributed by atoms with Crippen molar-refractivity contribution in [3.05, 3.63) is 58.5 Å². The second-order valence-electron chi connectivity index (χ2n) is 11.4. The summed E-state index contributed by atoms with van der Waals surface area (Å²) in [5.74, 6) is -0.0432. The Hall–Kier alpha value is -4.01. The second kappa shape index (κ2) is 9.53. The highest BCUT2D eigenvalue weighted by Crippen LogP contribution is 2.44. The van der Waals surface area contributed by atoms with Gasteiger partial charge in [-0.2, -0.15) is 10.4 Å². The maximum Gasteiger partial charge on any atom is 0.230 e. The summed E-state index contributed by atoms with van der Waals surface area (Å²) in [5, 5.41) is 15.4. The SMILES string of the molecule is CCc1nn2c(C)cc(N3CC4(CN(C(=O)C5COC5)C4)C3)cc2c1N(C)c1nc(-c2ccc(F)cc2)c(C#N)s1. The number of rotatable bonds is 6. The monoisotopic (exact) mass is 571 g/mol. The Balaban J connectivity index is 1.17. The highest BCUT2D eigenvalue weighted by atomic mass is 32.1. The number of nitriles is 1. The number of amides is 1. The Bertz CT molecular complexity index is 1710. The number of carbonyl (C=O) groups excluding carboxylic acids is 1. The van der Waals surface area contributed by atoms with E-state index in [1.54, 1.807) is 12.1 Å². The van der Waals surface area contributed by atoms with Crippen molar-refractivity contribution < 1.29 is 13.9 Å². The van der Waals surface area contributed by atoms with Crippen LogP contribution in [-0.2, 0) is 16.0 Å². The highest BCUT2D eigenvalue weighted by Gasteiger charge is 2.54. The number of anilines is 3. The van der Waals surface area contributed by atoms with Gasteiger partial charge in [-0.3, -0.25) is 4.79 Å². The molecule has 7 rings (SSSR count). The Labute approximate surface area is 241 Å². The number of carbonyl (C=O) groups is 1. The van der Waals surface area contributed by atoms with Crippen LogP contribution in [0.25, 0.3) is 16.8 Å². The van der Waals surface area contributed by atoms with Crippen LogP contribution in [-0.4, -0.2) is 71.8 Å². The van der Waals surface area contributed by atoms with Gasteiger partial charge in [-0.1, -0.05) is 18.3 Å². The van der Waals surface area contributed by atoms with Gasteiger partial charge in [-0.25, -0.2) is 13.9 Å². The van der Waals surface area contributed by atoms with Crippen molar-refractivity contribution in [2.24, 2.45) is 11.3 Å². The molecule has 6 heterocycles. The van der Waals surface area contributed by atoms with E-state index < -0.39 is 0 Å². The summed E-state index contributed by atoms with van der Waals surface area (Å²) in [5.41, 5.74) is 6.49. The summed E-state index contributed by atoms with van der Waals surface area (Å²) in [6.07, 6.45) is 0.736. The molecule has 4 aromatic rings. The van der Waals surface area contributed by atoms with Gasteiger partial charge < -0.3 is 19.4 Å². The molecule has 1 amide bonds. The molecule has 1 spiro atoms. The number of aromatic nitrogens is 3. The molecule has 0 N–H and O–H groups in total. The van der Waals surface area contributed by atoms with Crippen LogP contribution in [0.5, 0.6) is 0 Å². The fourth-order valence-corrected chi connectivity index (χ4v) is 7.09. The van der Waals surface area contributed by atoms with Crippen molar-refractivity contribution in [1.29, 1.82) is 5.26 Å². The lowest BCUT2D eigenvalue weighted by molar-refractivity contribution is -0.163. The predicted octanol–water partition coefficient (Wildman–Crippen LogP) is 4.40. The zero-order valence-electron chi connectivity index (χ0n) is 23.2. The van der Waals surface area contributed by atoms with Crippen molar-refractivity contribution in [2.75, 3.05) is 56.2 Å². The maximum atomic E-state index is 13.5. The van der Waals surface area contributed by atoms with Crippen LogP contribution >= 0.6 is 11.3 Å². The van der Waals surface area contributed by atoms with Gasteiger partial charge in [0, 0.05) is 55.6 Å². The quantitative estimate of drug-likeness (QED) is 0.339. The van der Waals surface area contributed by atoms with Gasteiger partial charge in [-0.05, 0) is 49.7 Å². The molecule has 3 aliphatic rings. The molecule has 0 atom stereocenters. The number of ether oxygens (including phenoxy) is 1. The van der Waals surface area contributed by atoms with Crippen molar-refractivity contribution in [3.8, 4) is 17.3 Å². The minimum atomic E-state index is -0.329. The number of nitrogens with zero attached hydrogens (tertiary/aromatic N) is 7. The van der Waals surface area contributed by atoms with E-state index >= 15 is 0 Å². The van der Waals surface area contributed by atoms with Crippen LogP contribution in [0, 0.1) is 35.4 Å². The van der Waals surface area contributed by atoms with E-state index in [-0.39, 0.29) is 23.1 Å². The van der Waals surface area contributed by atoms with Gasteiger partial charge in [0.25, 0.3) is 0 Å². The summed E-state index contributed by atoms with van der Waals surface area (Å²) < 4.78 is 20.7. The smallest absolute Gasteiger partial charge is 0.230 e. The lowest BCUT2D eigenvalue weighted by Gasteiger charge is -2.61. The molecule has 3 fully saturated rings. The van der Waals surface area contributed by atoms with Crippen LogP contribution in [0.2, 0.25) is 0 Å². The van der Waals surface area contributed by atoms with E-state index in [4.69, 9.17) is 14.8 Å². The highest BCUT2D eigenvalue weighted by molar-refractivity contribution is 7.16. The molecule has 210 valence electrons. The first-order valence-corrected chi connectivity index (χ1v) is 14.6. The summed E-state index contributed by atoms with van der Waals surface area (Å²) in [6, 6.07) is 12.7. The van der Waals surface area contributed by atoms with Crippen LogP contribution in [0.1, 0.15) is 23.2 Å². The molecule has 1 aromatic carbocycles. The Morgan fingerprint density at radius 1 is 1.22 bits per heavy atom. The number of hydrogen-bond acceptors (Lipinski definition) is 8. The fourth-order valence-electron chi connectivity index (χ4n) is 6.24. The first kappa shape index (κ1) is 25.9. The van der Waals surface area contributed by atoms with Crippen LogP contribution in [0.15, 0.2) is 36.4 Å². The number of halogens is 1. The van der Waals surface area contributed by atoms with Crippen LogP contribution in [0.4, 0.5) is 20.9 Å². The number of thiazole rings is 1. The molecule has 3 saturated heterocycles. The summed E-state index contributed by atoms with van der Waals surface area (Å²) in [4.78, 5) is 24.2. The van der Waals surface area contributed by atoms with Crippen LogP contribution < -0.4 is 9.80 Å². The van der Waals surface area contributed by atoms with Gasteiger partial charge in [-0.15, -0.1) is 0 Å². The normalized spacial score (nSPS) is 17.7. The Morgan fingerprint density at radius 3 is 2.59 bits per heavy atom. The molecule has 3 aliphatic heterocycles. The minimum absolute atomic E-state index is 0.0486. The molecule has 0 unspecified atom stereocenters. The van der Waals surface area contributed by atoms with E-state index in [0.717, 1.165) is 60.9 Å². The lowest BCUT2D eigenvalue weighted by Crippen LogP contribution is -2.74. The van der Waals surface area contributed by atoms with Gasteiger partial charge in [0.05, 0.1) is 36.0 Å². The molecule has 0 aliphatic carbocycles. The molecular formula is C30H30FN7O2S. The van der Waals surface area contributed by atoms with Gasteiger partial charge in [0.1, 0.15) is 22.5 Å². The molecule has 41 heavy (non-hydrogen) atoms. The number of aryl methyl sites for hydroxylation is 2. The van der Waals surface area contributed by atoms with Crippen LogP contribution in [0.3, 0.4) is 0 Å². The first-order chi connectivity index (χ1) is 19.8. The number of hydrogen-bond donors (Lipinski definition) is 0. The van der Waals surface area contributed by atoms with E-state index in [0.29, 0.717) is 34.5 Å². The predicted molar refractivity (Wildman–Crippen MR) is 155 cm³/mol. The van der Waals surface area contributed by atoms with Gasteiger partial charge in [0.2, 0.25) is 5.91 Å². The Kier molecular flexibility index (Phi) is 6.03. The Morgan fingerprint density at radius 2 is 1.95 bits per heavy atom. The first-order valence-electron chi connectivity index (χ1n) is 13.8. The summed E-state index contributed by atoms with van der Waals surface area (Å²) >= 11 is 1.32. The molecule has 11 heteroatoms. The molecule has 0 saturated carbocycles. The lowest BCUT2D eigenvalue weighted by atomic mass is 9.72. The van der Waals surface area contributed by atoms with Gasteiger partial charge in [0.15, 0.2) is 5.13 Å². The van der Waals surface area contributed by atoms with Crippen molar-refractivity contribution >= 4 is 39.3 Å². The second-order valence-corrected chi connectivity index (χ2v) is 12.4. The molecule has 9 nitrogen and oxygen atoms in total. The topological polar surface area (TPSA) is 90.0 Å². The van der Waals surface area contributed by atoms with Gasteiger partial charge >= 0.3 is 0 Å². The third-order valence-electron chi connectivity index (χ3n) is 8.50. The van der Waals surface area contributed by atoms with Crippen molar-refractivity contribution in [3.63, 3.8) is 0 Å². The summed E-state index contributed by atoms with van der Waals surface area (Å²) in [7, 11) is 1.96. The molecular weight excluding hydrogens is 541 g/mol. The standard InChI is InChI=1S/C30H30FN7O2S/c1-4-23-27(35(3)29-33-26(25(11-32)41-29)19-5-7-21(31)8-6-19)24-10-22(9-18(2)38(24)34-23)36-14-30(15-36)16-37(17-30)28(39)20-12-40-13-20/h5-10,20H,4,12-17H2,1-3H3. The molecule has 0 bridgehead atoms. The summed E-state index contributed by atoms with van der Waals surface area (Å²) in [6.45, 7) is 8.75.